The fourth-order valence-corrected chi connectivity index (χ4v) is 4.75. The van der Waals surface area contributed by atoms with Crippen LogP contribution in [0.3, 0.4) is 0 Å². The molecule has 4 aromatic rings. The SMILES string of the molecule is CCc1ccc(CC)cc1.CCc1cccc(CC)c1.CCc1ccccc1C(C)C.CCc1ccccc1CC. The van der Waals surface area contributed by atoms with E-state index in [-0.39, 0.29) is 0 Å². The zero-order valence-corrected chi connectivity index (χ0v) is 27.8. The Hall–Kier alpha value is -3.12. The van der Waals surface area contributed by atoms with Crippen molar-refractivity contribution in [3.8, 4) is 0 Å². The van der Waals surface area contributed by atoms with Gasteiger partial charge in [-0.2, -0.15) is 0 Å². The first-order chi connectivity index (χ1) is 19.9. The smallest absolute Gasteiger partial charge is 0.0216 e. The average molecular weight is 551 g/mol. The average Bonchev–Trinajstić information content (AvgIpc) is 3.05. The van der Waals surface area contributed by atoms with Gasteiger partial charge in [0.1, 0.15) is 0 Å². The third kappa shape index (κ3) is 13.9. The number of rotatable bonds is 8. The molecule has 0 spiro atoms. The highest BCUT2D eigenvalue weighted by molar-refractivity contribution is 5.29. The molecule has 0 N–H and O–H groups in total. The van der Waals surface area contributed by atoms with Crippen molar-refractivity contribution in [3.05, 3.63) is 142 Å². The summed E-state index contributed by atoms with van der Waals surface area (Å²) in [4.78, 5) is 0. The zero-order chi connectivity index (χ0) is 30.5. The van der Waals surface area contributed by atoms with Crippen LogP contribution < -0.4 is 0 Å². The second-order valence-electron chi connectivity index (χ2n) is 10.7. The van der Waals surface area contributed by atoms with Crippen LogP contribution in [0.2, 0.25) is 0 Å². The summed E-state index contributed by atoms with van der Waals surface area (Å²) >= 11 is 0. The second kappa shape index (κ2) is 21.6. The van der Waals surface area contributed by atoms with Gasteiger partial charge in [-0.3, -0.25) is 0 Å². The van der Waals surface area contributed by atoms with Crippen molar-refractivity contribution in [2.45, 2.75) is 113 Å². The molecule has 4 aromatic carbocycles. The van der Waals surface area contributed by atoms with E-state index in [4.69, 9.17) is 0 Å². The van der Waals surface area contributed by atoms with Crippen LogP contribution in [0.25, 0.3) is 0 Å². The first-order valence-electron chi connectivity index (χ1n) is 16.2. The first-order valence-corrected chi connectivity index (χ1v) is 16.2. The largest absolute Gasteiger partial charge is 0.0620 e. The summed E-state index contributed by atoms with van der Waals surface area (Å²) in [7, 11) is 0. The summed E-state index contributed by atoms with van der Waals surface area (Å²) in [5.41, 5.74) is 11.7. The standard InChI is InChI=1S/C11H16.3C10H14/c1-4-10-7-5-6-8-11(10)9(2)3;1-3-9-5-7-10(4-2)8-6-9;1-3-9-6-5-7-10(4-2)8-9;1-3-9-7-5-6-8-10(9)4-2/h5-9H,4H2,1-3H3;3*5-8H,3-4H2,1-2H3. The molecule has 0 heteroatoms. The molecule has 41 heavy (non-hydrogen) atoms. The predicted octanol–water partition coefficient (Wildman–Crippen LogP) is 11.8. The van der Waals surface area contributed by atoms with Crippen LogP contribution in [0.15, 0.2) is 97.1 Å². The highest BCUT2D eigenvalue weighted by atomic mass is 14.1. The van der Waals surface area contributed by atoms with Crippen LogP contribution in [0.1, 0.15) is 113 Å². The van der Waals surface area contributed by atoms with Gasteiger partial charge in [0.2, 0.25) is 0 Å². The maximum absolute atomic E-state index is 2.28. The number of hydrogen-bond donors (Lipinski definition) is 0. The molecule has 0 nitrogen and oxygen atoms in total. The summed E-state index contributed by atoms with van der Waals surface area (Å²) in [6, 6.07) is 34.9. The highest BCUT2D eigenvalue weighted by Gasteiger charge is 2.02. The van der Waals surface area contributed by atoms with E-state index in [1.165, 1.54) is 44.5 Å². The van der Waals surface area contributed by atoms with Gasteiger partial charge in [-0.05, 0) is 95.4 Å². The highest BCUT2D eigenvalue weighted by Crippen LogP contribution is 2.19. The minimum Gasteiger partial charge on any atom is -0.0620 e. The maximum Gasteiger partial charge on any atom is -0.0216 e. The van der Waals surface area contributed by atoms with Crippen LogP contribution >= 0.6 is 0 Å². The van der Waals surface area contributed by atoms with E-state index in [0.717, 1.165) is 44.9 Å². The van der Waals surface area contributed by atoms with E-state index in [2.05, 4.69) is 159 Å². The van der Waals surface area contributed by atoms with E-state index < -0.39 is 0 Å². The van der Waals surface area contributed by atoms with Gasteiger partial charge in [0.05, 0.1) is 0 Å². The van der Waals surface area contributed by atoms with Crippen LogP contribution in [0.5, 0.6) is 0 Å². The number of aryl methyl sites for hydroxylation is 7. The van der Waals surface area contributed by atoms with Gasteiger partial charge in [-0.25, -0.2) is 0 Å². The molecule has 0 heterocycles. The van der Waals surface area contributed by atoms with Crippen molar-refractivity contribution in [3.63, 3.8) is 0 Å². The van der Waals surface area contributed by atoms with E-state index in [0.29, 0.717) is 5.92 Å². The van der Waals surface area contributed by atoms with Gasteiger partial charge >= 0.3 is 0 Å². The molecule has 0 atom stereocenters. The molecule has 222 valence electrons. The van der Waals surface area contributed by atoms with Crippen molar-refractivity contribution in [1.29, 1.82) is 0 Å². The number of hydrogen-bond acceptors (Lipinski definition) is 0. The van der Waals surface area contributed by atoms with E-state index in [9.17, 15) is 0 Å². The topological polar surface area (TPSA) is 0 Å². The third-order valence-corrected chi connectivity index (χ3v) is 7.59. The molecule has 0 saturated carbocycles. The normalized spacial score (nSPS) is 10.0. The van der Waals surface area contributed by atoms with Gasteiger partial charge in [-0.1, -0.05) is 159 Å². The van der Waals surface area contributed by atoms with Crippen LogP contribution in [0, 0.1) is 0 Å². The lowest BCUT2D eigenvalue weighted by atomic mass is 9.96. The van der Waals surface area contributed by atoms with Gasteiger partial charge in [-0.15, -0.1) is 0 Å². The molecular weight excluding hydrogens is 492 g/mol. The number of benzene rings is 4. The summed E-state index contributed by atoms with van der Waals surface area (Å²) in [5.74, 6) is 0.658. The zero-order valence-electron chi connectivity index (χ0n) is 27.8. The Morgan fingerprint density at radius 2 is 0.732 bits per heavy atom. The molecule has 0 aromatic heterocycles. The minimum absolute atomic E-state index is 0.658. The lowest BCUT2D eigenvalue weighted by Crippen LogP contribution is -1.93. The molecule has 0 aliphatic rings. The Morgan fingerprint density at radius 1 is 0.366 bits per heavy atom. The van der Waals surface area contributed by atoms with Gasteiger partial charge in [0, 0.05) is 0 Å². The van der Waals surface area contributed by atoms with Crippen LogP contribution in [0.4, 0.5) is 0 Å². The summed E-state index contributed by atoms with van der Waals surface area (Å²) in [5, 5.41) is 0. The molecule has 0 aliphatic carbocycles. The Bertz CT molecular complexity index is 1130. The Balaban J connectivity index is 0.000000274. The second-order valence-corrected chi connectivity index (χ2v) is 10.7. The van der Waals surface area contributed by atoms with Crippen molar-refractivity contribution in [1.82, 2.24) is 0 Å². The molecule has 0 amide bonds. The quantitative estimate of drug-likeness (QED) is 0.205. The fourth-order valence-electron chi connectivity index (χ4n) is 4.75. The van der Waals surface area contributed by atoms with Gasteiger partial charge in [0.15, 0.2) is 0 Å². The summed E-state index contributed by atoms with van der Waals surface area (Å²) in [6.07, 6.45) is 8.04. The lowest BCUT2D eigenvalue weighted by molar-refractivity contribution is 0.844. The van der Waals surface area contributed by atoms with E-state index in [1.807, 2.05) is 0 Å². The molecule has 0 radical (unpaired) electrons. The van der Waals surface area contributed by atoms with Crippen molar-refractivity contribution in [2.24, 2.45) is 0 Å². The fraction of sp³-hybridized carbons (Fsp3) is 0.415. The van der Waals surface area contributed by atoms with Gasteiger partial charge < -0.3 is 0 Å². The molecule has 0 aliphatic heterocycles. The minimum atomic E-state index is 0.658. The Kier molecular flexibility index (Phi) is 18.9. The van der Waals surface area contributed by atoms with Crippen LogP contribution in [-0.2, 0) is 44.9 Å². The van der Waals surface area contributed by atoms with E-state index >= 15 is 0 Å². The van der Waals surface area contributed by atoms with Crippen LogP contribution in [-0.4, -0.2) is 0 Å². The van der Waals surface area contributed by atoms with Gasteiger partial charge in [0.25, 0.3) is 0 Å². The molecule has 0 bridgehead atoms. The van der Waals surface area contributed by atoms with Crippen molar-refractivity contribution in [2.75, 3.05) is 0 Å². The molecule has 0 fully saturated rings. The molecule has 0 unspecified atom stereocenters. The molecule has 4 rings (SSSR count). The monoisotopic (exact) mass is 550 g/mol. The third-order valence-electron chi connectivity index (χ3n) is 7.59. The van der Waals surface area contributed by atoms with Crippen molar-refractivity contribution < 1.29 is 0 Å². The summed E-state index contributed by atoms with van der Waals surface area (Å²) in [6.45, 7) is 19.8. The Labute approximate surface area is 254 Å². The molecule has 0 saturated heterocycles. The predicted molar refractivity (Wildman–Crippen MR) is 186 cm³/mol. The summed E-state index contributed by atoms with van der Waals surface area (Å²) < 4.78 is 0. The molecular formula is C41H58. The lowest BCUT2D eigenvalue weighted by Gasteiger charge is -2.09. The van der Waals surface area contributed by atoms with E-state index in [1.54, 1.807) is 0 Å². The first kappa shape index (κ1) is 35.9. The maximum atomic E-state index is 2.28. The Morgan fingerprint density at radius 3 is 1.05 bits per heavy atom. The van der Waals surface area contributed by atoms with Crippen molar-refractivity contribution >= 4 is 0 Å².